The zero-order chi connectivity index (χ0) is 16.2. The SMILES string of the molecule is CC(Nc1ncnc(N2CCCC2)c1[N+](=O)[O-])c1ccccc1. The maximum absolute atomic E-state index is 11.6. The molecule has 0 spiro atoms. The minimum Gasteiger partial charge on any atom is -0.358 e. The highest BCUT2D eigenvalue weighted by Crippen LogP contribution is 2.35. The highest BCUT2D eigenvalue weighted by Gasteiger charge is 2.29. The Morgan fingerprint density at radius 2 is 1.91 bits per heavy atom. The second kappa shape index (κ2) is 6.60. The molecule has 1 fully saturated rings. The van der Waals surface area contributed by atoms with E-state index in [2.05, 4.69) is 15.3 Å². The van der Waals surface area contributed by atoms with Crippen molar-refractivity contribution in [2.24, 2.45) is 0 Å². The molecule has 120 valence electrons. The smallest absolute Gasteiger partial charge is 0.353 e. The normalized spacial score (nSPS) is 15.4. The van der Waals surface area contributed by atoms with Crippen LogP contribution in [0.5, 0.6) is 0 Å². The lowest BCUT2D eigenvalue weighted by Gasteiger charge is -2.19. The molecular weight excluding hydrogens is 294 g/mol. The fraction of sp³-hybridized carbons (Fsp3) is 0.375. The Morgan fingerprint density at radius 1 is 1.22 bits per heavy atom. The summed E-state index contributed by atoms with van der Waals surface area (Å²) in [6, 6.07) is 9.69. The van der Waals surface area contributed by atoms with Crippen LogP contribution in [0.15, 0.2) is 36.7 Å². The number of nitrogens with zero attached hydrogens (tertiary/aromatic N) is 4. The molecule has 2 aromatic rings. The minimum atomic E-state index is -0.395. The van der Waals surface area contributed by atoms with Crippen LogP contribution in [0, 0.1) is 10.1 Å². The van der Waals surface area contributed by atoms with E-state index in [0.29, 0.717) is 5.82 Å². The molecule has 0 amide bonds. The Balaban J connectivity index is 1.92. The van der Waals surface area contributed by atoms with E-state index in [9.17, 15) is 10.1 Å². The van der Waals surface area contributed by atoms with Crippen molar-refractivity contribution >= 4 is 17.3 Å². The largest absolute Gasteiger partial charge is 0.358 e. The summed E-state index contributed by atoms with van der Waals surface area (Å²) in [5.74, 6) is 0.675. The molecule has 1 atom stereocenters. The number of rotatable bonds is 5. The number of anilines is 2. The molecule has 23 heavy (non-hydrogen) atoms. The van der Waals surface area contributed by atoms with E-state index in [0.717, 1.165) is 31.5 Å². The van der Waals surface area contributed by atoms with Gasteiger partial charge >= 0.3 is 5.69 Å². The molecular formula is C16H19N5O2. The van der Waals surface area contributed by atoms with Crippen LogP contribution in [0.1, 0.15) is 31.4 Å². The molecule has 3 rings (SSSR count). The third-order valence-corrected chi connectivity index (χ3v) is 4.04. The van der Waals surface area contributed by atoms with Crippen LogP contribution in [0.4, 0.5) is 17.3 Å². The van der Waals surface area contributed by atoms with Gasteiger partial charge in [-0.25, -0.2) is 9.97 Å². The molecule has 1 aliphatic rings. The van der Waals surface area contributed by atoms with E-state index in [-0.39, 0.29) is 17.5 Å². The van der Waals surface area contributed by atoms with Crippen LogP contribution in [0.2, 0.25) is 0 Å². The first-order valence-electron chi connectivity index (χ1n) is 7.72. The fourth-order valence-corrected chi connectivity index (χ4v) is 2.83. The van der Waals surface area contributed by atoms with Gasteiger partial charge in [-0.2, -0.15) is 0 Å². The first-order chi connectivity index (χ1) is 11.2. The molecule has 1 aromatic heterocycles. The third kappa shape index (κ3) is 3.23. The Hall–Kier alpha value is -2.70. The first-order valence-corrected chi connectivity index (χ1v) is 7.72. The quantitative estimate of drug-likeness (QED) is 0.674. The van der Waals surface area contributed by atoms with Crippen molar-refractivity contribution in [2.45, 2.75) is 25.8 Å². The number of nitrogens with one attached hydrogen (secondary N) is 1. The maximum Gasteiger partial charge on any atom is 0.353 e. The van der Waals surface area contributed by atoms with Crippen molar-refractivity contribution in [3.8, 4) is 0 Å². The number of benzene rings is 1. The lowest BCUT2D eigenvalue weighted by Crippen LogP contribution is -2.21. The van der Waals surface area contributed by atoms with E-state index < -0.39 is 4.92 Å². The van der Waals surface area contributed by atoms with Crippen LogP contribution in [0.3, 0.4) is 0 Å². The van der Waals surface area contributed by atoms with Gasteiger partial charge in [0, 0.05) is 13.1 Å². The van der Waals surface area contributed by atoms with E-state index in [4.69, 9.17) is 0 Å². The summed E-state index contributed by atoms with van der Waals surface area (Å²) >= 11 is 0. The third-order valence-electron chi connectivity index (χ3n) is 4.04. The van der Waals surface area contributed by atoms with Gasteiger partial charge in [-0.15, -0.1) is 0 Å². The molecule has 2 heterocycles. The van der Waals surface area contributed by atoms with Crippen molar-refractivity contribution in [3.63, 3.8) is 0 Å². The summed E-state index contributed by atoms with van der Waals surface area (Å²) in [7, 11) is 0. The van der Waals surface area contributed by atoms with Crippen LogP contribution in [-0.4, -0.2) is 28.0 Å². The summed E-state index contributed by atoms with van der Waals surface area (Å²) in [4.78, 5) is 21.4. The molecule has 0 saturated carbocycles. The number of aromatic nitrogens is 2. The molecule has 7 heteroatoms. The average Bonchev–Trinajstić information content (AvgIpc) is 3.09. The van der Waals surface area contributed by atoms with E-state index in [1.807, 2.05) is 42.2 Å². The lowest BCUT2D eigenvalue weighted by atomic mass is 10.1. The second-order valence-corrected chi connectivity index (χ2v) is 5.62. The molecule has 0 aliphatic carbocycles. The van der Waals surface area contributed by atoms with Gasteiger partial charge in [-0.05, 0) is 25.3 Å². The highest BCUT2D eigenvalue weighted by atomic mass is 16.6. The molecule has 1 unspecified atom stereocenters. The van der Waals surface area contributed by atoms with Crippen molar-refractivity contribution in [2.75, 3.05) is 23.3 Å². The fourth-order valence-electron chi connectivity index (χ4n) is 2.83. The Labute approximate surface area is 134 Å². The summed E-state index contributed by atoms with van der Waals surface area (Å²) in [5.41, 5.74) is 1.00. The average molecular weight is 313 g/mol. The van der Waals surface area contributed by atoms with Crippen LogP contribution in [0.25, 0.3) is 0 Å². The topological polar surface area (TPSA) is 84.2 Å². The second-order valence-electron chi connectivity index (χ2n) is 5.62. The van der Waals surface area contributed by atoms with Crippen molar-refractivity contribution in [1.82, 2.24) is 9.97 Å². The van der Waals surface area contributed by atoms with Gasteiger partial charge in [0.15, 0.2) is 0 Å². The van der Waals surface area contributed by atoms with Crippen molar-refractivity contribution in [3.05, 3.63) is 52.3 Å². The standard InChI is InChI=1S/C16H19N5O2/c1-12(13-7-3-2-4-8-13)19-15-14(21(22)23)16(18-11-17-15)20-9-5-6-10-20/h2-4,7-8,11-12H,5-6,9-10H2,1H3,(H,17,18,19). The molecule has 1 saturated heterocycles. The van der Waals surface area contributed by atoms with Gasteiger partial charge in [0.05, 0.1) is 11.0 Å². The zero-order valence-electron chi connectivity index (χ0n) is 13.0. The summed E-state index contributed by atoms with van der Waals surface area (Å²) in [6.07, 6.45) is 3.45. The van der Waals surface area contributed by atoms with Crippen LogP contribution in [-0.2, 0) is 0 Å². The van der Waals surface area contributed by atoms with Crippen molar-refractivity contribution in [1.29, 1.82) is 0 Å². The predicted octanol–water partition coefficient (Wildman–Crippen LogP) is 3.16. The Bertz CT molecular complexity index is 686. The number of nitro groups is 1. The molecule has 1 aromatic carbocycles. The molecule has 0 radical (unpaired) electrons. The summed E-state index contributed by atoms with van der Waals surface area (Å²) < 4.78 is 0. The van der Waals surface area contributed by atoms with Crippen LogP contribution >= 0.6 is 0 Å². The van der Waals surface area contributed by atoms with Gasteiger partial charge in [0.25, 0.3) is 0 Å². The summed E-state index contributed by atoms with van der Waals surface area (Å²) in [6.45, 7) is 3.55. The zero-order valence-corrected chi connectivity index (χ0v) is 13.0. The predicted molar refractivity (Wildman–Crippen MR) is 88.6 cm³/mol. The Kier molecular flexibility index (Phi) is 4.36. The minimum absolute atomic E-state index is 0.0443. The molecule has 7 nitrogen and oxygen atoms in total. The molecule has 1 N–H and O–H groups in total. The molecule has 0 bridgehead atoms. The van der Waals surface area contributed by atoms with Gasteiger partial charge < -0.3 is 10.2 Å². The summed E-state index contributed by atoms with van der Waals surface area (Å²) in [5, 5.41) is 14.7. The van der Waals surface area contributed by atoms with E-state index >= 15 is 0 Å². The van der Waals surface area contributed by atoms with E-state index in [1.165, 1.54) is 6.33 Å². The lowest BCUT2D eigenvalue weighted by molar-refractivity contribution is -0.383. The molecule has 1 aliphatic heterocycles. The number of hydrogen-bond donors (Lipinski definition) is 1. The highest BCUT2D eigenvalue weighted by molar-refractivity contribution is 5.70. The van der Waals surface area contributed by atoms with Gasteiger partial charge in [-0.3, -0.25) is 10.1 Å². The monoisotopic (exact) mass is 313 g/mol. The van der Waals surface area contributed by atoms with Gasteiger partial charge in [-0.1, -0.05) is 30.3 Å². The van der Waals surface area contributed by atoms with Gasteiger partial charge in [0.2, 0.25) is 11.6 Å². The first kappa shape index (κ1) is 15.2. The van der Waals surface area contributed by atoms with Crippen LogP contribution < -0.4 is 10.2 Å². The maximum atomic E-state index is 11.6. The Morgan fingerprint density at radius 3 is 2.57 bits per heavy atom. The number of hydrogen-bond acceptors (Lipinski definition) is 6. The van der Waals surface area contributed by atoms with Gasteiger partial charge in [0.1, 0.15) is 6.33 Å². The van der Waals surface area contributed by atoms with E-state index in [1.54, 1.807) is 0 Å². The van der Waals surface area contributed by atoms with Crippen molar-refractivity contribution < 1.29 is 4.92 Å².